The van der Waals surface area contributed by atoms with Gasteiger partial charge in [-0.25, -0.2) is 4.98 Å². The molecule has 2 aromatic rings. The zero-order chi connectivity index (χ0) is 19.1. The lowest BCUT2D eigenvalue weighted by molar-refractivity contribution is 0.0676. The summed E-state index contributed by atoms with van der Waals surface area (Å²) in [5.74, 6) is 2.55. The van der Waals surface area contributed by atoms with Gasteiger partial charge in [-0.05, 0) is 25.0 Å². The van der Waals surface area contributed by atoms with Gasteiger partial charge in [-0.3, -0.25) is 4.90 Å². The van der Waals surface area contributed by atoms with Crippen molar-refractivity contribution in [1.82, 2.24) is 9.88 Å². The molecular weight excluding hydrogens is 342 g/mol. The molecule has 6 heteroatoms. The maximum absolute atomic E-state index is 5.88. The van der Waals surface area contributed by atoms with Crippen LogP contribution in [0.3, 0.4) is 0 Å². The number of methoxy groups -OCH3 is 2. The van der Waals surface area contributed by atoms with Gasteiger partial charge in [0, 0.05) is 56.7 Å². The van der Waals surface area contributed by atoms with E-state index in [0.29, 0.717) is 0 Å². The van der Waals surface area contributed by atoms with Crippen LogP contribution in [0.4, 0.5) is 5.82 Å². The standard InChI is InChI=1S/C21H29N3O3/c1-22-21-17(6-4-10-23-21)14-24(15-19-7-5-11-27-19)13-16-8-9-18(25-2)12-20(16)26-3/h4,6,8-10,12,19H,5,7,11,13-15H2,1-3H3,(H,22,23). The maximum Gasteiger partial charge on any atom is 0.130 e. The van der Waals surface area contributed by atoms with Crippen LogP contribution in [0.2, 0.25) is 0 Å². The molecule has 1 aromatic heterocycles. The molecule has 1 N–H and O–H groups in total. The Morgan fingerprint density at radius 2 is 2.04 bits per heavy atom. The van der Waals surface area contributed by atoms with Crippen molar-refractivity contribution < 1.29 is 14.2 Å². The van der Waals surface area contributed by atoms with Gasteiger partial charge in [-0.1, -0.05) is 12.1 Å². The molecule has 3 rings (SSSR count). The van der Waals surface area contributed by atoms with Crippen molar-refractivity contribution in [3.8, 4) is 11.5 Å². The largest absolute Gasteiger partial charge is 0.497 e. The highest BCUT2D eigenvalue weighted by atomic mass is 16.5. The van der Waals surface area contributed by atoms with E-state index in [2.05, 4.69) is 27.3 Å². The van der Waals surface area contributed by atoms with Crippen molar-refractivity contribution >= 4 is 5.82 Å². The van der Waals surface area contributed by atoms with Crippen LogP contribution < -0.4 is 14.8 Å². The Kier molecular flexibility index (Phi) is 6.90. The Labute approximate surface area is 161 Å². The van der Waals surface area contributed by atoms with Crippen molar-refractivity contribution in [2.24, 2.45) is 0 Å². The zero-order valence-electron chi connectivity index (χ0n) is 16.4. The second-order valence-electron chi connectivity index (χ2n) is 6.74. The Bertz CT molecular complexity index is 732. The van der Waals surface area contributed by atoms with E-state index in [1.807, 2.05) is 31.4 Å². The summed E-state index contributed by atoms with van der Waals surface area (Å²) in [6, 6.07) is 10.1. The van der Waals surface area contributed by atoms with Crippen molar-refractivity contribution in [2.45, 2.75) is 32.0 Å². The van der Waals surface area contributed by atoms with E-state index in [4.69, 9.17) is 14.2 Å². The van der Waals surface area contributed by atoms with Gasteiger partial charge in [0.05, 0.1) is 20.3 Å². The number of rotatable bonds is 9. The van der Waals surface area contributed by atoms with E-state index < -0.39 is 0 Å². The summed E-state index contributed by atoms with van der Waals surface area (Å²) in [5, 5.41) is 3.19. The van der Waals surface area contributed by atoms with Crippen LogP contribution in [0.15, 0.2) is 36.5 Å². The van der Waals surface area contributed by atoms with E-state index in [-0.39, 0.29) is 6.10 Å². The minimum atomic E-state index is 0.281. The van der Waals surface area contributed by atoms with E-state index in [1.54, 1.807) is 14.2 Å². The lowest BCUT2D eigenvalue weighted by Crippen LogP contribution is -2.32. The molecule has 27 heavy (non-hydrogen) atoms. The zero-order valence-corrected chi connectivity index (χ0v) is 16.4. The minimum absolute atomic E-state index is 0.281. The van der Waals surface area contributed by atoms with Gasteiger partial charge in [0.2, 0.25) is 0 Å². The Morgan fingerprint density at radius 3 is 2.74 bits per heavy atom. The number of aromatic nitrogens is 1. The van der Waals surface area contributed by atoms with Gasteiger partial charge in [0.1, 0.15) is 17.3 Å². The second-order valence-corrected chi connectivity index (χ2v) is 6.74. The van der Waals surface area contributed by atoms with Gasteiger partial charge in [-0.2, -0.15) is 0 Å². The molecule has 1 aliphatic rings. The van der Waals surface area contributed by atoms with Crippen molar-refractivity contribution in [2.75, 3.05) is 39.7 Å². The number of hydrogen-bond donors (Lipinski definition) is 1. The first-order valence-electron chi connectivity index (χ1n) is 9.40. The molecule has 0 bridgehead atoms. The number of nitrogens with one attached hydrogen (secondary N) is 1. The fraction of sp³-hybridized carbons (Fsp3) is 0.476. The second kappa shape index (κ2) is 9.58. The fourth-order valence-corrected chi connectivity index (χ4v) is 3.52. The Morgan fingerprint density at radius 1 is 1.19 bits per heavy atom. The van der Waals surface area contributed by atoms with E-state index in [9.17, 15) is 0 Å². The molecule has 1 atom stereocenters. The summed E-state index contributed by atoms with van der Waals surface area (Å²) in [5.41, 5.74) is 2.30. The number of hydrogen-bond acceptors (Lipinski definition) is 6. The third-order valence-corrected chi connectivity index (χ3v) is 4.90. The van der Waals surface area contributed by atoms with E-state index in [0.717, 1.165) is 62.0 Å². The normalized spacial score (nSPS) is 16.5. The summed E-state index contributed by atoms with van der Waals surface area (Å²) < 4.78 is 16.8. The smallest absolute Gasteiger partial charge is 0.130 e. The molecule has 146 valence electrons. The van der Waals surface area contributed by atoms with E-state index in [1.165, 1.54) is 5.56 Å². The lowest BCUT2D eigenvalue weighted by Gasteiger charge is -2.27. The summed E-state index contributed by atoms with van der Waals surface area (Å²) in [6.45, 7) is 3.30. The molecule has 1 fully saturated rings. The van der Waals surface area contributed by atoms with Gasteiger partial charge in [0.15, 0.2) is 0 Å². The average molecular weight is 371 g/mol. The maximum atomic E-state index is 5.88. The molecule has 1 aromatic carbocycles. The quantitative estimate of drug-likeness (QED) is 0.730. The van der Waals surface area contributed by atoms with Gasteiger partial charge < -0.3 is 19.5 Å². The van der Waals surface area contributed by atoms with E-state index >= 15 is 0 Å². The summed E-state index contributed by atoms with van der Waals surface area (Å²) in [6.07, 6.45) is 4.34. The number of nitrogens with zero attached hydrogens (tertiary/aromatic N) is 2. The molecule has 2 heterocycles. The summed E-state index contributed by atoms with van der Waals surface area (Å²) in [7, 11) is 5.27. The fourth-order valence-electron chi connectivity index (χ4n) is 3.52. The summed E-state index contributed by atoms with van der Waals surface area (Å²) in [4.78, 5) is 6.84. The van der Waals surface area contributed by atoms with Crippen LogP contribution in [-0.2, 0) is 17.8 Å². The van der Waals surface area contributed by atoms with Gasteiger partial charge in [-0.15, -0.1) is 0 Å². The van der Waals surface area contributed by atoms with Crippen LogP contribution in [0.5, 0.6) is 11.5 Å². The molecular formula is C21H29N3O3. The highest BCUT2D eigenvalue weighted by Gasteiger charge is 2.21. The van der Waals surface area contributed by atoms with Crippen molar-refractivity contribution in [3.63, 3.8) is 0 Å². The van der Waals surface area contributed by atoms with Gasteiger partial charge in [0.25, 0.3) is 0 Å². The predicted molar refractivity (Wildman–Crippen MR) is 106 cm³/mol. The molecule has 1 aliphatic heterocycles. The topological polar surface area (TPSA) is 55.9 Å². The average Bonchev–Trinajstić information content (AvgIpc) is 3.21. The lowest BCUT2D eigenvalue weighted by atomic mass is 10.1. The number of pyridine rings is 1. The first kappa shape index (κ1) is 19.5. The minimum Gasteiger partial charge on any atom is -0.497 e. The monoisotopic (exact) mass is 371 g/mol. The number of benzene rings is 1. The highest BCUT2D eigenvalue weighted by molar-refractivity contribution is 5.43. The van der Waals surface area contributed by atoms with Crippen molar-refractivity contribution in [3.05, 3.63) is 47.7 Å². The third-order valence-electron chi connectivity index (χ3n) is 4.90. The molecule has 0 radical (unpaired) electrons. The third kappa shape index (κ3) is 5.11. The van der Waals surface area contributed by atoms with Crippen LogP contribution >= 0.6 is 0 Å². The number of anilines is 1. The SMILES string of the molecule is CNc1ncccc1CN(Cc1ccc(OC)cc1OC)CC1CCCO1. The molecule has 6 nitrogen and oxygen atoms in total. The van der Waals surface area contributed by atoms with Gasteiger partial charge >= 0.3 is 0 Å². The molecule has 0 amide bonds. The van der Waals surface area contributed by atoms with Crippen LogP contribution in [0.25, 0.3) is 0 Å². The molecule has 0 aliphatic carbocycles. The highest BCUT2D eigenvalue weighted by Crippen LogP contribution is 2.27. The Balaban J connectivity index is 1.81. The molecule has 1 unspecified atom stereocenters. The first-order chi connectivity index (χ1) is 13.2. The Hall–Kier alpha value is -2.31. The first-order valence-corrected chi connectivity index (χ1v) is 9.40. The number of ether oxygens (including phenoxy) is 3. The molecule has 0 spiro atoms. The van der Waals surface area contributed by atoms with Crippen LogP contribution in [0, 0.1) is 0 Å². The molecule has 1 saturated heterocycles. The predicted octanol–water partition coefficient (Wildman–Crippen LogP) is 3.32. The summed E-state index contributed by atoms with van der Waals surface area (Å²) >= 11 is 0. The van der Waals surface area contributed by atoms with Crippen molar-refractivity contribution in [1.29, 1.82) is 0 Å². The van der Waals surface area contributed by atoms with Crippen LogP contribution in [0.1, 0.15) is 24.0 Å². The molecule has 0 saturated carbocycles. The van der Waals surface area contributed by atoms with Crippen LogP contribution in [-0.4, -0.2) is 50.4 Å².